The Morgan fingerprint density at radius 3 is 2.41 bits per heavy atom. The molecule has 2 N–H and O–H groups in total. The first-order valence-corrected chi connectivity index (χ1v) is 12.1. The average Bonchev–Trinajstić information content (AvgIpc) is 3.34. The van der Waals surface area contributed by atoms with Crippen LogP contribution in [0.25, 0.3) is 11.1 Å². The van der Waals surface area contributed by atoms with Crippen LogP contribution in [0.2, 0.25) is 0 Å². The van der Waals surface area contributed by atoms with Gasteiger partial charge in [0.15, 0.2) is 11.4 Å². The number of carbonyl (C=O) groups excluding carboxylic acids is 1. The van der Waals surface area contributed by atoms with E-state index in [1.54, 1.807) is 13.2 Å². The number of nitrogens with one attached hydrogen (secondary N) is 2. The lowest BCUT2D eigenvalue weighted by molar-refractivity contribution is -0.129. The largest absolute Gasteiger partial charge is 0.459 e. The lowest BCUT2D eigenvalue weighted by Gasteiger charge is -2.35. The van der Waals surface area contributed by atoms with Gasteiger partial charge >= 0.3 is 0 Å². The lowest BCUT2D eigenvalue weighted by Crippen LogP contribution is -2.48. The highest BCUT2D eigenvalue weighted by atomic mass is 16.3. The maximum absolute atomic E-state index is 11.6. The number of piperazine rings is 1. The average molecular weight is 464 g/mol. The van der Waals surface area contributed by atoms with Crippen LogP contribution in [0.3, 0.4) is 0 Å². The molecule has 2 fully saturated rings. The van der Waals surface area contributed by atoms with Gasteiger partial charge in [-0.1, -0.05) is 0 Å². The highest BCUT2D eigenvalue weighted by Crippen LogP contribution is 2.30. The summed E-state index contributed by atoms with van der Waals surface area (Å²) in [6, 6.07) is 10.2. The van der Waals surface area contributed by atoms with Gasteiger partial charge in [-0.15, -0.1) is 0 Å². The normalized spacial score (nSPS) is 17.4. The minimum absolute atomic E-state index is 0.149. The smallest absolute Gasteiger partial charge is 0.229 e. The Kier molecular flexibility index (Phi) is 6.53. The zero-order valence-electron chi connectivity index (χ0n) is 20.0. The molecule has 2 aliphatic rings. The van der Waals surface area contributed by atoms with Crippen molar-refractivity contribution in [3.63, 3.8) is 0 Å². The standard InChI is InChI=1S/C25H33N7O2/c1-18(33)30-12-14-31(15-13-30)21-5-3-20(4-6-21)27-25-28-22-9-16-34-23(22)24(29-25)32-10-7-19(8-11-32)17-26-2/h3-6,9,16,19,26H,7-8,10-15,17H2,1-2H3,(H,27,28,29). The number of carbonyl (C=O) groups is 1. The molecule has 2 aromatic heterocycles. The van der Waals surface area contributed by atoms with Gasteiger partial charge in [0, 0.05) is 63.6 Å². The number of hydrogen-bond acceptors (Lipinski definition) is 8. The highest BCUT2D eigenvalue weighted by molar-refractivity contribution is 5.85. The van der Waals surface area contributed by atoms with Crippen LogP contribution in [0.5, 0.6) is 0 Å². The van der Waals surface area contributed by atoms with Crippen molar-refractivity contribution in [2.75, 3.05) is 68.0 Å². The molecule has 3 aromatic rings. The number of anilines is 4. The quantitative estimate of drug-likeness (QED) is 0.577. The van der Waals surface area contributed by atoms with Crippen molar-refractivity contribution < 1.29 is 9.21 Å². The highest BCUT2D eigenvalue weighted by Gasteiger charge is 2.24. The summed E-state index contributed by atoms with van der Waals surface area (Å²) >= 11 is 0. The molecule has 2 saturated heterocycles. The molecule has 0 bridgehead atoms. The minimum atomic E-state index is 0.149. The van der Waals surface area contributed by atoms with E-state index in [-0.39, 0.29) is 5.91 Å². The molecule has 0 radical (unpaired) electrons. The number of nitrogens with zero attached hydrogens (tertiary/aromatic N) is 5. The number of hydrogen-bond donors (Lipinski definition) is 2. The van der Waals surface area contributed by atoms with Gasteiger partial charge in [0.2, 0.25) is 11.9 Å². The summed E-state index contributed by atoms with van der Waals surface area (Å²) < 4.78 is 5.75. The molecular weight excluding hydrogens is 430 g/mol. The molecule has 0 unspecified atom stereocenters. The molecule has 0 aliphatic carbocycles. The van der Waals surface area contributed by atoms with Crippen molar-refractivity contribution in [1.82, 2.24) is 20.2 Å². The third-order valence-electron chi connectivity index (χ3n) is 6.91. The van der Waals surface area contributed by atoms with Crippen molar-refractivity contribution in [2.24, 2.45) is 5.92 Å². The second kappa shape index (κ2) is 9.89. The fraction of sp³-hybridized carbons (Fsp3) is 0.480. The Balaban J connectivity index is 1.28. The molecule has 1 aromatic carbocycles. The van der Waals surface area contributed by atoms with E-state index in [0.717, 1.165) is 86.9 Å². The van der Waals surface area contributed by atoms with Gasteiger partial charge in [-0.05, 0) is 56.6 Å². The van der Waals surface area contributed by atoms with Crippen molar-refractivity contribution in [1.29, 1.82) is 0 Å². The van der Waals surface area contributed by atoms with Gasteiger partial charge in [0.1, 0.15) is 5.52 Å². The summed E-state index contributed by atoms with van der Waals surface area (Å²) in [5, 5.41) is 6.67. The SMILES string of the molecule is CNCC1CCN(c2nc(Nc3ccc(N4CCN(C(C)=O)CC4)cc3)nc3ccoc23)CC1. The second-order valence-electron chi connectivity index (χ2n) is 9.16. The molecule has 2 aliphatic heterocycles. The number of fused-ring (bicyclic) bond motifs is 1. The lowest BCUT2D eigenvalue weighted by atomic mass is 9.97. The van der Waals surface area contributed by atoms with E-state index < -0.39 is 0 Å². The van der Waals surface area contributed by atoms with Crippen LogP contribution in [0.1, 0.15) is 19.8 Å². The predicted molar refractivity (Wildman–Crippen MR) is 135 cm³/mol. The van der Waals surface area contributed by atoms with E-state index in [4.69, 9.17) is 9.40 Å². The van der Waals surface area contributed by atoms with Crippen LogP contribution in [0, 0.1) is 5.92 Å². The summed E-state index contributed by atoms with van der Waals surface area (Å²) in [6.07, 6.45) is 3.96. The number of aromatic nitrogens is 2. The van der Waals surface area contributed by atoms with Crippen LogP contribution in [-0.4, -0.2) is 73.6 Å². The zero-order valence-corrected chi connectivity index (χ0v) is 20.0. The van der Waals surface area contributed by atoms with Crippen LogP contribution >= 0.6 is 0 Å². The number of rotatable bonds is 6. The van der Waals surface area contributed by atoms with Gasteiger partial charge in [-0.25, -0.2) is 4.98 Å². The molecule has 0 spiro atoms. The molecule has 4 heterocycles. The summed E-state index contributed by atoms with van der Waals surface area (Å²) in [4.78, 5) is 27.6. The molecule has 180 valence electrons. The van der Waals surface area contributed by atoms with E-state index in [9.17, 15) is 4.79 Å². The van der Waals surface area contributed by atoms with E-state index in [1.807, 2.05) is 18.0 Å². The second-order valence-corrected chi connectivity index (χ2v) is 9.16. The third kappa shape index (κ3) is 4.79. The molecule has 1 amide bonds. The van der Waals surface area contributed by atoms with Gasteiger partial charge in [0.05, 0.1) is 6.26 Å². The maximum Gasteiger partial charge on any atom is 0.229 e. The van der Waals surface area contributed by atoms with Crippen LogP contribution in [0.15, 0.2) is 41.0 Å². The van der Waals surface area contributed by atoms with Gasteiger partial charge < -0.3 is 29.8 Å². The number of amides is 1. The Bertz CT molecular complexity index is 1110. The molecule has 9 nitrogen and oxygen atoms in total. The van der Waals surface area contributed by atoms with E-state index in [2.05, 4.69) is 49.7 Å². The first-order valence-electron chi connectivity index (χ1n) is 12.1. The summed E-state index contributed by atoms with van der Waals surface area (Å²) in [7, 11) is 2.02. The maximum atomic E-state index is 11.6. The Morgan fingerprint density at radius 2 is 1.74 bits per heavy atom. The molecule has 0 saturated carbocycles. The van der Waals surface area contributed by atoms with Crippen LogP contribution < -0.4 is 20.4 Å². The molecule has 34 heavy (non-hydrogen) atoms. The van der Waals surface area contributed by atoms with Crippen molar-refractivity contribution in [2.45, 2.75) is 19.8 Å². The fourth-order valence-electron chi connectivity index (χ4n) is 4.92. The number of benzene rings is 1. The van der Waals surface area contributed by atoms with Crippen molar-refractivity contribution in [3.8, 4) is 0 Å². The van der Waals surface area contributed by atoms with E-state index >= 15 is 0 Å². The molecular formula is C25H33N7O2. The summed E-state index contributed by atoms with van der Waals surface area (Å²) in [6.45, 7) is 7.85. The zero-order chi connectivity index (χ0) is 23.5. The van der Waals surface area contributed by atoms with Crippen molar-refractivity contribution >= 4 is 40.1 Å². The predicted octanol–water partition coefficient (Wildman–Crippen LogP) is 3.07. The first kappa shape index (κ1) is 22.5. The van der Waals surface area contributed by atoms with E-state index in [0.29, 0.717) is 11.9 Å². The van der Waals surface area contributed by atoms with Crippen LogP contribution in [-0.2, 0) is 4.79 Å². The van der Waals surface area contributed by atoms with Crippen molar-refractivity contribution in [3.05, 3.63) is 36.6 Å². The van der Waals surface area contributed by atoms with Gasteiger partial charge in [-0.2, -0.15) is 4.98 Å². The topological polar surface area (TPSA) is 89.8 Å². The molecule has 0 atom stereocenters. The van der Waals surface area contributed by atoms with Crippen LogP contribution in [0.4, 0.5) is 23.1 Å². The Morgan fingerprint density at radius 1 is 1.00 bits per heavy atom. The fourth-order valence-corrected chi connectivity index (χ4v) is 4.92. The van der Waals surface area contributed by atoms with E-state index in [1.165, 1.54) is 0 Å². The van der Waals surface area contributed by atoms with Gasteiger partial charge in [0.25, 0.3) is 0 Å². The minimum Gasteiger partial charge on any atom is -0.459 e. The molecule has 9 heteroatoms. The number of piperidine rings is 1. The van der Waals surface area contributed by atoms with Gasteiger partial charge in [-0.3, -0.25) is 4.79 Å². The summed E-state index contributed by atoms with van der Waals surface area (Å²) in [5.41, 5.74) is 3.65. The summed E-state index contributed by atoms with van der Waals surface area (Å²) in [5.74, 6) is 2.29. The Hall–Kier alpha value is -3.33. The monoisotopic (exact) mass is 463 g/mol. The molecule has 5 rings (SSSR count). The Labute approximate surface area is 200 Å². The first-order chi connectivity index (χ1) is 16.6. The third-order valence-corrected chi connectivity index (χ3v) is 6.91. The number of furan rings is 1.